The Balaban J connectivity index is 2.13. The van der Waals surface area contributed by atoms with Crippen molar-refractivity contribution in [1.29, 1.82) is 0 Å². The zero-order valence-electron chi connectivity index (χ0n) is 10.4. The summed E-state index contributed by atoms with van der Waals surface area (Å²) in [5, 5.41) is 6.29. The predicted octanol–water partition coefficient (Wildman–Crippen LogP) is 0.917. The van der Waals surface area contributed by atoms with Crippen molar-refractivity contribution < 1.29 is 9.53 Å². The summed E-state index contributed by atoms with van der Waals surface area (Å²) in [5.41, 5.74) is 0. The van der Waals surface area contributed by atoms with Gasteiger partial charge in [-0.2, -0.15) is 0 Å². The second-order valence-electron chi connectivity index (χ2n) is 4.54. The minimum Gasteiger partial charge on any atom is -0.380 e. The van der Waals surface area contributed by atoms with E-state index in [0.717, 1.165) is 13.1 Å². The Labute approximate surface area is 98.1 Å². The molecule has 2 N–H and O–H groups in total. The van der Waals surface area contributed by atoms with Crippen LogP contribution in [0.2, 0.25) is 0 Å². The molecule has 0 aromatic carbocycles. The van der Waals surface area contributed by atoms with Gasteiger partial charge in [0.05, 0.1) is 6.61 Å². The largest absolute Gasteiger partial charge is 0.380 e. The zero-order chi connectivity index (χ0) is 11.8. The van der Waals surface area contributed by atoms with E-state index in [1.54, 1.807) is 0 Å². The van der Waals surface area contributed by atoms with Crippen molar-refractivity contribution in [2.75, 3.05) is 26.3 Å². The van der Waals surface area contributed by atoms with Crippen LogP contribution < -0.4 is 10.6 Å². The van der Waals surface area contributed by atoms with E-state index in [1.165, 1.54) is 12.8 Å². The van der Waals surface area contributed by atoms with E-state index in [1.807, 2.05) is 13.8 Å². The second-order valence-corrected chi connectivity index (χ2v) is 4.54. The van der Waals surface area contributed by atoms with Gasteiger partial charge >= 0.3 is 0 Å². The Kier molecular flexibility index (Phi) is 6.42. The lowest BCUT2D eigenvalue weighted by Gasteiger charge is -2.23. The highest BCUT2D eigenvalue weighted by Gasteiger charge is 2.17. The number of carbonyl (C=O) groups is 1. The highest BCUT2D eigenvalue weighted by atomic mass is 16.5. The zero-order valence-corrected chi connectivity index (χ0v) is 10.4. The number of amides is 1. The van der Waals surface area contributed by atoms with Crippen LogP contribution in [0.25, 0.3) is 0 Å². The van der Waals surface area contributed by atoms with E-state index in [-0.39, 0.29) is 11.9 Å². The Morgan fingerprint density at radius 2 is 2.44 bits per heavy atom. The molecule has 1 rings (SSSR count). The first kappa shape index (κ1) is 13.5. The minimum absolute atomic E-state index is 0.115. The molecule has 0 bridgehead atoms. The monoisotopic (exact) mass is 228 g/mol. The van der Waals surface area contributed by atoms with E-state index in [2.05, 4.69) is 10.6 Å². The molecule has 2 unspecified atom stereocenters. The molecule has 2 atom stereocenters. The summed E-state index contributed by atoms with van der Waals surface area (Å²) < 4.78 is 5.26. The van der Waals surface area contributed by atoms with Gasteiger partial charge in [-0.3, -0.25) is 4.79 Å². The van der Waals surface area contributed by atoms with Crippen molar-refractivity contribution in [3.63, 3.8) is 0 Å². The van der Waals surface area contributed by atoms with Gasteiger partial charge in [-0.05, 0) is 45.7 Å². The maximum absolute atomic E-state index is 11.7. The molecule has 4 nitrogen and oxygen atoms in total. The summed E-state index contributed by atoms with van der Waals surface area (Å²) >= 11 is 0. The fraction of sp³-hybridized carbons (Fsp3) is 0.917. The molecule has 0 saturated carbocycles. The van der Waals surface area contributed by atoms with Crippen LogP contribution in [-0.2, 0) is 9.53 Å². The molecule has 4 heteroatoms. The van der Waals surface area contributed by atoms with E-state index >= 15 is 0 Å². The number of hydrogen-bond acceptors (Lipinski definition) is 3. The summed E-state index contributed by atoms with van der Waals surface area (Å²) in [7, 11) is 0. The molecule has 0 radical (unpaired) electrons. The maximum Gasteiger partial charge on any atom is 0.220 e. The van der Waals surface area contributed by atoms with Crippen LogP contribution >= 0.6 is 0 Å². The molecule has 0 spiro atoms. The predicted molar refractivity (Wildman–Crippen MR) is 64.3 cm³/mol. The average molecular weight is 228 g/mol. The fourth-order valence-electron chi connectivity index (χ4n) is 2.03. The van der Waals surface area contributed by atoms with Crippen LogP contribution in [0.15, 0.2) is 0 Å². The second kappa shape index (κ2) is 7.63. The molecule has 1 aliphatic rings. The number of hydrogen-bond donors (Lipinski definition) is 2. The molecule has 1 heterocycles. The first-order valence-corrected chi connectivity index (χ1v) is 6.30. The molecule has 1 amide bonds. The van der Waals surface area contributed by atoms with Gasteiger partial charge in [-0.25, -0.2) is 0 Å². The SMILES string of the molecule is CCOCC(C)NC(=O)CC1CCCNC1. The van der Waals surface area contributed by atoms with Crippen LogP contribution in [-0.4, -0.2) is 38.3 Å². The summed E-state index contributed by atoms with van der Waals surface area (Å²) in [4.78, 5) is 11.7. The molecule has 1 aliphatic heterocycles. The fourth-order valence-corrected chi connectivity index (χ4v) is 2.03. The third-order valence-corrected chi connectivity index (χ3v) is 2.85. The third-order valence-electron chi connectivity index (χ3n) is 2.85. The lowest BCUT2D eigenvalue weighted by atomic mass is 9.96. The van der Waals surface area contributed by atoms with Crippen LogP contribution in [0.4, 0.5) is 0 Å². The molecular formula is C12H24N2O2. The van der Waals surface area contributed by atoms with Gasteiger partial charge in [0, 0.05) is 19.1 Å². The number of rotatable bonds is 6. The summed E-state index contributed by atoms with van der Waals surface area (Å²) in [6.07, 6.45) is 3.00. The molecule has 0 aromatic heterocycles. The standard InChI is InChI=1S/C12H24N2O2/c1-3-16-9-10(2)14-12(15)7-11-5-4-6-13-8-11/h10-11,13H,3-9H2,1-2H3,(H,14,15). The highest BCUT2D eigenvalue weighted by Crippen LogP contribution is 2.13. The van der Waals surface area contributed by atoms with E-state index in [4.69, 9.17) is 4.74 Å². The van der Waals surface area contributed by atoms with Crippen molar-refractivity contribution in [2.45, 2.75) is 39.2 Å². The lowest BCUT2D eigenvalue weighted by Crippen LogP contribution is -2.39. The van der Waals surface area contributed by atoms with Gasteiger partial charge < -0.3 is 15.4 Å². The lowest BCUT2D eigenvalue weighted by molar-refractivity contribution is -0.123. The molecule has 0 aromatic rings. The van der Waals surface area contributed by atoms with Gasteiger partial charge in [0.1, 0.15) is 0 Å². The van der Waals surface area contributed by atoms with Crippen LogP contribution in [0.3, 0.4) is 0 Å². The third kappa shape index (κ3) is 5.47. The quantitative estimate of drug-likeness (QED) is 0.710. The smallest absolute Gasteiger partial charge is 0.220 e. The first-order valence-electron chi connectivity index (χ1n) is 6.30. The molecular weight excluding hydrogens is 204 g/mol. The molecule has 94 valence electrons. The first-order chi connectivity index (χ1) is 7.72. The van der Waals surface area contributed by atoms with Crippen molar-refractivity contribution in [1.82, 2.24) is 10.6 Å². The molecule has 16 heavy (non-hydrogen) atoms. The van der Waals surface area contributed by atoms with E-state index in [9.17, 15) is 4.79 Å². The Morgan fingerprint density at radius 3 is 3.06 bits per heavy atom. The van der Waals surface area contributed by atoms with Gasteiger partial charge in [0.2, 0.25) is 5.91 Å². The summed E-state index contributed by atoms with van der Waals surface area (Å²) in [5.74, 6) is 0.661. The topological polar surface area (TPSA) is 50.4 Å². The van der Waals surface area contributed by atoms with Gasteiger partial charge in [-0.1, -0.05) is 0 Å². The number of ether oxygens (including phenoxy) is 1. The van der Waals surface area contributed by atoms with Crippen molar-refractivity contribution in [3.05, 3.63) is 0 Å². The normalized spacial score (nSPS) is 22.8. The van der Waals surface area contributed by atoms with Gasteiger partial charge in [-0.15, -0.1) is 0 Å². The van der Waals surface area contributed by atoms with Gasteiger partial charge in [0.15, 0.2) is 0 Å². The average Bonchev–Trinajstić information content (AvgIpc) is 2.27. The van der Waals surface area contributed by atoms with Crippen LogP contribution in [0.5, 0.6) is 0 Å². The Hall–Kier alpha value is -0.610. The molecule has 0 aliphatic carbocycles. The molecule has 1 saturated heterocycles. The van der Waals surface area contributed by atoms with E-state index in [0.29, 0.717) is 25.6 Å². The minimum atomic E-state index is 0.115. The van der Waals surface area contributed by atoms with Crippen molar-refractivity contribution in [2.24, 2.45) is 5.92 Å². The highest BCUT2D eigenvalue weighted by molar-refractivity contribution is 5.76. The van der Waals surface area contributed by atoms with Crippen molar-refractivity contribution >= 4 is 5.91 Å². The summed E-state index contributed by atoms with van der Waals surface area (Å²) in [6, 6.07) is 0.115. The van der Waals surface area contributed by atoms with Crippen molar-refractivity contribution in [3.8, 4) is 0 Å². The van der Waals surface area contributed by atoms with Crippen LogP contribution in [0, 0.1) is 5.92 Å². The van der Waals surface area contributed by atoms with E-state index < -0.39 is 0 Å². The molecule has 1 fully saturated rings. The van der Waals surface area contributed by atoms with Crippen LogP contribution in [0.1, 0.15) is 33.1 Å². The maximum atomic E-state index is 11.7. The number of carbonyl (C=O) groups excluding carboxylic acids is 1. The summed E-state index contributed by atoms with van der Waals surface area (Å²) in [6.45, 7) is 7.32. The van der Waals surface area contributed by atoms with Gasteiger partial charge in [0.25, 0.3) is 0 Å². The number of nitrogens with one attached hydrogen (secondary N) is 2. The Bertz CT molecular complexity index is 203. The Morgan fingerprint density at radius 1 is 1.62 bits per heavy atom. The number of piperidine rings is 1.